The van der Waals surface area contributed by atoms with Crippen LogP contribution in [-0.4, -0.2) is 35.7 Å². The van der Waals surface area contributed by atoms with E-state index in [1.165, 1.54) is 0 Å². The van der Waals surface area contributed by atoms with Gasteiger partial charge in [0.1, 0.15) is 5.75 Å². The second-order valence-electron chi connectivity index (χ2n) is 5.67. The first kappa shape index (κ1) is 14.7. The zero-order valence-electron chi connectivity index (χ0n) is 12.6. The Morgan fingerprint density at radius 2 is 2.05 bits per heavy atom. The van der Waals surface area contributed by atoms with Crippen LogP contribution in [0, 0.1) is 12.8 Å². The molecule has 4 heteroatoms. The van der Waals surface area contributed by atoms with Crippen LogP contribution in [0.3, 0.4) is 0 Å². The standard InChI is InChI=1S/C16H24N2O2/c1-4-18(15-11-14(19)6-5-13(15)3)16(20)17-9-7-12(2)8-10-17/h5-6,11-12,19H,4,7-10H2,1-3H3. The molecule has 0 unspecified atom stereocenters. The van der Waals surface area contributed by atoms with E-state index >= 15 is 0 Å². The lowest BCUT2D eigenvalue weighted by Crippen LogP contribution is -2.46. The fraction of sp³-hybridized carbons (Fsp3) is 0.562. The predicted octanol–water partition coefficient (Wildman–Crippen LogP) is 3.38. The SMILES string of the molecule is CCN(C(=O)N1CCC(C)CC1)c1cc(O)ccc1C. The first-order valence-corrected chi connectivity index (χ1v) is 7.39. The van der Waals surface area contributed by atoms with E-state index in [9.17, 15) is 9.90 Å². The summed E-state index contributed by atoms with van der Waals surface area (Å²) in [5.41, 5.74) is 1.81. The van der Waals surface area contributed by atoms with E-state index in [1.807, 2.05) is 24.8 Å². The summed E-state index contributed by atoms with van der Waals surface area (Å²) in [6.07, 6.45) is 2.14. The van der Waals surface area contributed by atoms with Crippen LogP contribution in [0.2, 0.25) is 0 Å². The molecule has 1 aromatic rings. The largest absolute Gasteiger partial charge is 0.508 e. The summed E-state index contributed by atoms with van der Waals surface area (Å²) < 4.78 is 0. The van der Waals surface area contributed by atoms with Crippen molar-refractivity contribution in [3.05, 3.63) is 23.8 Å². The molecular formula is C16H24N2O2. The number of nitrogens with zero attached hydrogens (tertiary/aromatic N) is 2. The summed E-state index contributed by atoms with van der Waals surface area (Å²) in [7, 11) is 0. The van der Waals surface area contributed by atoms with Gasteiger partial charge in [0, 0.05) is 25.7 Å². The highest BCUT2D eigenvalue weighted by Crippen LogP contribution is 2.27. The van der Waals surface area contributed by atoms with Crippen LogP contribution >= 0.6 is 0 Å². The highest BCUT2D eigenvalue weighted by Gasteiger charge is 2.25. The van der Waals surface area contributed by atoms with Crippen molar-refractivity contribution in [2.24, 2.45) is 5.92 Å². The normalized spacial score (nSPS) is 16.2. The molecule has 0 spiro atoms. The smallest absolute Gasteiger partial charge is 0.324 e. The first-order valence-electron chi connectivity index (χ1n) is 7.39. The highest BCUT2D eigenvalue weighted by atomic mass is 16.3. The number of benzene rings is 1. The summed E-state index contributed by atoms with van der Waals surface area (Å²) in [6, 6.07) is 5.22. The van der Waals surface area contributed by atoms with Gasteiger partial charge in [-0.1, -0.05) is 13.0 Å². The van der Waals surface area contributed by atoms with Gasteiger partial charge in [0.15, 0.2) is 0 Å². The predicted molar refractivity (Wildman–Crippen MR) is 81.2 cm³/mol. The second kappa shape index (κ2) is 6.16. The molecule has 1 heterocycles. The lowest BCUT2D eigenvalue weighted by molar-refractivity contribution is 0.180. The van der Waals surface area contributed by atoms with Crippen LogP contribution in [0.4, 0.5) is 10.5 Å². The van der Waals surface area contributed by atoms with E-state index in [-0.39, 0.29) is 11.8 Å². The molecule has 1 aliphatic rings. The monoisotopic (exact) mass is 276 g/mol. The molecule has 1 aliphatic heterocycles. The van der Waals surface area contributed by atoms with Gasteiger partial charge < -0.3 is 10.0 Å². The van der Waals surface area contributed by atoms with E-state index in [2.05, 4.69) is 6.92 Å². The number of phenolic OH excluding ortho intramolecular Hbond substituents is 1. The molecule has 1 N–H and O–H groups in total. The minimum Gasteiger partial charge on any atom is -0.508 e. The topological polar surface area (TPSA) is 43.8 Å². The zero-order chi connectivity index (χ0) is 14.7. The summed E-state index contributed by atoms with van der Waals surface area (Å²) >= 11 is 0. The van der Waals surface area contributed by atoms with Crippen molar-refractivity contribution in [2.45, 2.75) is 33.6 Å². The molecule has 0 bridgehead atoms. The van der Waals surface area contributed by atoms with Gasteiger partial charge in [-0.3, -0.25) is 4.90 Å². The number of amides is 2. The Bertz CT molecular complexity index is 479. The lowest BCUT2D eigenvalue weighted by Gasteiger charge is -2.35. The number of likely N-dealkylation sites (tertiary alicyclic amines) is 1. The molecule has 1 fully saturated rings. The average molecular weight is 276 g/mol. The fourth-order valence-corrected chi connectivity index (χ4v) is 2.67. The van der Waals surface area contributed by atoms with Gasteiger partial charge in [0.2, 0.25) is 0 Å². The Labute approximate surface area is 121 Å². The van der Waals surface area contributed by atoms with E-state index in [0.717, 1.165) is 37.2 Å². The zero-order valence-corrected chi connectivity index (χ0v) is 12.6. The molecule has 4 nitrogen and oxygen atoms in total. The number of urea groups is 1. The van der Waals surface area contributed by atoms with Gasteiger partial charge in [-0.15, -0.1) is 0 Å². The van der Waals surface area contributed by atoms with Gasteiger partial charge in [0.05, 0.1) is 5.69 Å². The van der Waals surface area contributed by atoms with Crippen molar-refractivity contribution < 1.29 is 9.90 Å². The molecule has 2 rings (SSSR count). The number of anilines is 1. The molecule has 110 valence electrons. The van der Waals surface area contributed by atoms with Crippen LogP contribution in [-0.2, 0) is 0 Å². The molecule has 20 heavy (non-hydrogen) atoms. The molecule has 1 saturated heterocycles. The second-order valence-corrected chi connectivity index (χ2v) is 5.67. The Hall–Kier alpha value is -1.71. The quantitative estimate of drug-likeness (QED) is 0.900. The third kappa shape index (κ3) is 3.06. The molecule has 0 saturated carbocycles. The molecule has 2 amide bonds. The molecule has 0 radical (unpaired) electrons. The third-order valence-corrected chi connectivity index (χ3v) is 4.08. The van der Waals surface area contributed by atoms with Crippen molar-refractivity contribution in [3.8, 4) is 5.75 Å². The van der Waals surface area contributed by atoms with Crippen molar-refractivity contribution in [1.29, 1.82) is 0 Å². The maximum atomic E-state index is 12.7. The average Bonchev–Trinajstić information content (AvgIpc) is 2.44. The van der Waals surface area contributed by atoms with Crippen LogP contribution in [0.25, 0.3) is 0 Å². The van der Waals surface area contributed by atoms with Crippen LogP contribution < -0.4 is 4.90 Å². The number of phenols is 1. The summed E-state index contributed by atoms with van der Waals surface area (Å²) in [4.78, 5) is 16.3. The number of hydrogen-bond donors (Lipinski definition) is 1. The first-order chi connectivity index (χ1) is 9.52. The van der Waals surface area contributed by atoms with Crippen LogP contribution in [0.1, 0.15) is 32.3 Å². The molecular weight excluding hydrogens is 252 g/mol. The number of aryl methyl sites for hydroxylation is 1. The minimum atomic E-state index is 0.0492. The minimum absolute atomic E-state index is 0.0492. The number of aromatic hydroxyl groups is 1. The fourth-order valence-electron chi connectivity index (χ4n) is 2.67. The van der Waals surface area contributed by atoms with Gasteiger partial charge in [-0.25, -0.2) is 4.79 Å². The highest BCUT2D eigenvalue weighted by molar-refractivity contribution is 5.93. The van der Waals surface area contributed by atoms with Gasteiger partial charge in [-0.2, -0.15) is 0 Å². The Balaban J connectivity index is 2.19. The summed E-state index contributed by atoms with van der Waals surface area (Å²) in [5, 5.41) is 9.66. The third-order valence-electron chi connectivity index (χ3n) is 4.08. The number of hydrogen-bond acceptors (Lipinski definition) is 2. The van der Waals surface area contributed by atoms with Gasteiger partial charge in [-0.05, 0) is 44.2 Å². The number of piperidine rings is 1. The van der Waals surface area contributed by atoms with E-state index in [4.69, 9.17) is 0 Å². The van der Waals surface area contributed by atoms with E-state index in [0.29, 0.717) is 12.5 Å². The maximum absolute atomic E-state index is 12.7. The molecule has 1 aromatic carbocycles. The van der Waals surface area contributed by atoms with Crippen molar-refractivity contribution >= 4 is 11.7 Å². The lowest BCUT2D eigenvalue weighted by atomic mass is 9.99. The Kier molecular flexibility index (Phi) is 4.53. The van der Waals surface area contributed by atoms with Crippen LogP contribution in [0.5, 0.6) is 5.75 Å². The summed E-state index contributed by atoms with van der Waals surface area (Å²) in [5.74, 6) is 0.903. The Morgan fingerprint density at radius 1 is 1.40 bits per heavy atom. The van der Waals surface area contributed by atoms with E-state index < -0.39 is 0 Å². The van der Waals surface area contributed by atoms with Crippen LogP contribution in [0.15, 0.2) is 18.2 Å². The van der Waals surface area contributed by atoms with Crippen molar-refractivity contribution in [1.82, 2.24) is 4.90 Å². The number of rotatable bonds is 2. The Morgan fingerprint density at radius 3 is 2.65 bits per heavy atom. The van der Waals surface area contributed by atoms with Crippen molar-refractivity contribution in [3.63, 3.8) is 0 Å². The van der Waals surface area contributed by atoms with Crippen molar-refractivity contribution in [2.75, 3.05) is 24.5 Å². The van der Waals surface area contributed by atoms with Gasteiger partial charge >= 0.3 is 6.03 Å². The van der Waals surface area contributed by atoms with Gasteiger partial charge in [0.25, 0.3) is 0 Å². The molecule has 0 aromatic heterocycles. The number of carbonyl (C=O) groups excluding carboxylic acids is 1. The molecule has 0 atom stereocenters. The molecule has 0 aliphatic carbocycles. The van der Waals surface area contributed by atoms with E-state index in [1.54, 1.807) is 17.0 Å². The summed E-state index contributed by atoms with van der Waals surface area (Å²) in [6.45, 7) is 8.42. The number of carbonyl (C=O) groups is 1. The maximum Gasteiger partial charge on any atom is 0.324 e.